The molecule has 0 radical (unpaired) electrons. The van der Waals surface area contributed by atoms with E-state index in [2.05, 4.69) is 5.10 Å². The van der Waals surface area contributed by atoms with E-state index in [9.17, 15) is 9.59 Å². The van der Waals surface area contributed by atoms with Gasteiger partial charge in [0.05, 0.1) is 5.52 Å². The highest BCUT2D eigenvalue weighted by Gasteiger charge is 2.23. The SMILES string of the molecule is CN(C)CCN(CC(=O)O)C(=O)c1nn(C)c2ccccc12. The van der Waals surface area contributed by atoms with Gasteiger partial charge in [0.1, 0.15) is 6.54 Å². The zero-order chi connectivity index (χ0) is 16.3. The summed E-state index contributed by atoms with van der Waals surface area (Å²) in [5.41, 5.74) is 1.13. The summed E-state index contributed by atoms with van der Waals surface area (Å²) in [7, 11) is 5.51. The van der Waals surface area contributed by atoms with Gasteiger partial charge in [-0.3, -0.25) is 14.3 Å². The van der Waals surface area contributed by atoms with Crippen LogP contribution in [0.2, 0.25) is 0 Å². The quantitative estimate of drug-likeness (QED) is 0.848. The number of rotatable bonds is 6. The Kier molecular flexibility index (Phi) is 4.77. The first-order chi connectivity index (χ1) is 10.4. The largest absolute Gasteiger partial charge is 0.480 e. The van der Waals surface area contributed by atoms with E-state index < -0.39 is 5.97 Å². The summed E-state index contributed by atoms with van der Waals surface area (Å²) in [6.45, 7) is 0.588. The second-order valence-corrected chi connectivity index (χ2v) is 5.41. The number of hydrogen-bond acceptors (Lipinski definition) is 4. The van der Waals surface area contributed by atoms with Gasteiger partial charge in [0.15, 0.2) is 5.69 Å². The summed E-state index contributed by atoms with van der Waals surface area (Å²) in [5, 5.41) is 14.0. The van der Waals surface area contributed by atoms with Crippen molar-refractivity contribution < 1.29 is 14.7 Å². The Morgan fingerprint density at radius 2 is 1.91 bits per heavy atom. The van der Waals surface area contributed by atoms with E-state index >= 15 is 0 Å². The number of carbonyl (C=O) groups excluding carboxylic acids is 1. The van der Waals surface area contributed by atoms with Crippen molar-refractivity contribution >= 4 is 22.8 Å². The van der Waals surface area contributed by atoms with Gasteiger partial charge >= 0.3 is 5.97 Å². The van der Waals surface area contributed by atoms with E-state index in [4.69, 9.17) is 5.11 Å². The monoisotopic (exact) mass is 304 g/mol. The lowest BCUT2D eigenvalue weighted by Crippen LogP contribution is -2.40. The van der Waals surface area contributed by atoms with Crippen molar-refractivity contribution in [1.29, 1.82) is 0 Å². The third kappa shape index (κ3) is 3.43. The molecule has 0 unspecified atom stereocenters. The molecular weight excluding hydrogens is 284 g/mol. The first kappa shape index (κ1) is 16.0. The summed E-state index contributed by atoms with van der Waals surface area (Å²) in [6, 6.07) is 7.41. The summed E-state index contributed by atoms with van der Waals surface area (Å²) < 4.78 is 1.63. The van der Waals surface area contributed by atoms with Crippen LogP contribution in [-0.2, 0) is 11.8 Å². The number of amides is 1. The van der Waals surface area contributed by atoms with Gasteiger partial charge in [-0.25, -0.2) is 0 Å². The minimum Gasteiger partial charge on any atom is -0.480 e. The number of carboxylic acids is 1. The Balaban J connectivity index is 2.33. The fourth-order valence-corrected chi connectivity index (χ4v) is 2.26. The molecular formula is C15H20N4O3. The molecule has 1 heterocycles. The van der Waals surface area contributed by atoms with E-state index in [0.717, 1.165) is 10.9 Å². The van der Waals surface area contributed by atoms with Crippen molar-refractivity contribution in [3.8, 4) is 0 Å². The predicted molar refractivity (Wildman–Crippen MR) is 82.8 cm³/mol. The Bertz CT molecular complexity index is 693. The van der Waals surface area contributed by atoms with Crippen molar-refractivity contribution in [1.82, 2.24) is 19.6 Å². The standard InChI is InChI=1S/C15H20N4O3/c1-17(2)8-9-19(10-13(20)21)15(22)14-11-6-4-5-7-12(11)18(3)16-14/h4-7H,8-10H2,1-3H3,(H,20,21). The maximum absolute atomic E-state index is 12.7. The average molecular weight is 304 g/mol. The number of fused-ring (bicyclic) bond motifs is 1. The third-order valence-corrected chi connectivity index (χ3v) is 3.39. The second-order valence-electron chi connectivity index (χ2n) is 5.41. The van der Waals surface area contributed by atoms with Crippen LogP contribution in [0.3, 0.4) is 0 Å². The number of nitrogens with zero attached hydrogens (tertiary/aromatic N) is 4. The number of hydrogen-bond donors (Lipinski definition) is 1. The molecule has 0 fully saturated rings. The van der Waals surface area contributed by atoms with E-state index in [1.165, 1.54) is 4.90 Å². The molecule has 0 saturated heterocycles. The molecule has 118 valence electrons. The average Bonchev–Trinajstić information content (AvgIpc) is 2.80. The molecule has 0 aliphatic heterocycles. The van der Waals surface area contributed by atoms with E-state index in [1.807, 2.05) is 43.3 Å². The number of likely N-dealkylation sites (N-methyl/N-ethyl adjacent to an activating group) is 1. The maximum atomic E-state index is 12.7. The molecule has 22 heavy (non-hydrogen) atoms. The molecule has 0 saturated carbocycles. The van der Waals surface area contributed by atoms with Crippen molar-refractivity contribution in [3.63, 3.8) is 0 Å². The lowest BCUT2D eigenvalue weighted by Gasteiger charge is -2.21. The van der Waals surface area contributed by atoms with Gasteiger partial charge in [-0.1, -0.05) is 18.2 Å². The van der Waals surface area contributed by atoms with Crippen molar-refractivity contribution in [2.45, 2.75) is 0 Å². The molecule has 2 rings (SSSR count). The van der Waals surface area contributed by atoms with Crippen molar-refractivity contribution in [3.05, 3.63) is 30.0 Å². The van der Waals surface area contributed by atoms with Gasteiger partial charge in [-0.15, -0.1) is 0 Å². The highest BCUT2D eigenvalue weighted by atomic mass is 16.4. The number of aliphatic carboxylic acids is 1. The number of benzene rings is 1. The molecule has 0 atom stereocenters. The van der Waals surface area contributed by atoms with Crippen LogP contribution < -0.4 is 0 Å². The van der Waals surface area contributed by atoms with Gasteiger partial charge in [0.25, 0.3) is 5.91 Å². The fraction of sp³-hybridized carbons (Fsp3) is 0.400. The molecule has 0 aliphatic carbocycles. The number of carbonyl (C=O) groups is 2. The first-order valence-corrected chi connectivity index (χ1v) is 6.97. The minimum atomic E-state index is -1.03. The molecule has 1 amide bonds. The van der Waals surface area contributed by atoms with Crippen LogP contribution in [0, 0.1) is 0 Å². The maximum Gasteiger partial charge on any atom is 0.323 e. The Hall–Kier alpha value is -2.41. The van der Waals surface area contributed by atoms with Crippen LogP contribution in [0.15, 0.2) is 24.3 Å². The van der Waals surface area contributed by atoms with Crippen molar-refractivity contribution in [2.24, 2.45) is 7.05 Å². The van der Waals surface area contributed by atoms with E-state index in [1.54, 1.807) is 11.7 Å². The van der Waals surface area contributed by atoms with Gasteiger partial charge in [0, 0.05) is 25.5 Å². The first-order valence-electron chi connectivity index (χ1n) is 6.97. The zero-order valence-electron chi connectivity index (χ0n) is 13.0. The molecule has 7 nitrogen and oxygen atoms in total. The molecule has 1 N–H and O–H groups in total. The molecule has 0 spiro atoms. The number of aromatic nitrogens is 2. The summed E-state index contributed by atoms with van der Waals surface area (Å²) in [4.78, 5) is 26.9. The van der Waals surface area contributed by atoms with Gasteiger partial charge in [-0.2, -0.15) is 5.10 Å². The molecule has 7 heteroatoms. The van der Waals surface area contributed by atoms with Crippen LogP contribution in [0.5, 0.6) is 0 Å². The van der Waals surface area contributed by atoms with E-state index in [-0.39, 0.29) is 18.1 Å². The molecule has 0 bridgehead atoms. The summed E-state index contributed by atoms with van der Waals surface area (Å²) >= 11 is 0. The number of para-hydroxylation sites is 1. The van der Waals surface area contributed by atoms with Crippen LogP contribution in [0.1, 0.15) is 10.5 Å². The van der Waals surface area contributed by atoms with Crippen LogP contribution >= 0.6 is 0 Å². The van der Waals surface area contributed by atoms with Gasteiger partial charge in [-0.05, 0) is 20.2 Å². The molecule has 0 aliphatic rings. The Morgan fingerprint density at radius 3 is 2.55 bits per heavy atom. The van der Waals surface area contributed by atoms with Gasteiger partial charge < -0.3 is 14.9 Å². The van der Waals surface area contributed by atoms with Gasteiger partial charge in [0.2, 0.25) is 0 Å². The van der Waals surface area contributed by atoms with E-state index in [0.29, 0.717) is 13.1 Å². The molecule has 1 aromatic heterocycles. The Morgan fingerprint density at radius 1 is 1.23 bits per heavy atom. The Labute approximate surface area is 128 Å². The summed E-state index contributed by atoms with van der Waals surface area (Å²) in [6.07, 6.45) is 0. The third-order valence-electron chi connectivity index (χ3n) is 3.39. The fourth-order valence-electron chi connectivity index (χ4n) is 2.26. The summed E-state index contributed by atoms with van der Waals surface area (Å²) in [5.74, 6) is -1.40. The molecule has 2 aromatic rings. The van der Waals surface area contributed by atoms with Crippen LogP contribution in [0.4, 0.5) is 0 Å². The highest BCUT2D eigenvalue weighted by molar-refractivity contribution is 6.05. The lowest BCUT2D eigenvalue weighted by atomic mass is 10.2. The van der Waals surface area contributed by atoms with Crippen LogP contribution in [-0.4, -0.2) is 70.3 Å². The second kappa shape index (κ2) is 6.57. The topological polar surface area (TPSA) is 78.7 Å². The van der Waals surface area contributed by atoms with Crippen molar-refractivity contribution in [2.75, 3.05) is 33.7 Å². The smallest absolute Gasteiger partial charge is 0.323 e. The minimum absolute atomic E-state index is 0.290. The predicted octanol–water partition coefficient (Wildman–Crippen LogP) is 0.662. The highest BCUT2D eigenvalue weighted by Crippen LogP contribution is 2.18. The number of aryl methyl sites for hydroxylation is 1. The lowest BCUT2D eigenvalue weighted by molar-refractivity contribution is -0.137. The van der Waals surface area contributed by atoms with Crippen LogP contribution in [0.25, 0.3) is 10.9 Å². The normalized spacial score (nSPS) is 11.1. The zero-order valence-corrected chi connectivity index (χ0v) is 13.0. The number of carboxylic acid groups (broad SMARTS) is 1. The molecule has 1 aromatic carbocycles.